The van der Waals surface area contributed by atoms with Gasteiger partial charge in [0.05, 0.1) is 12.3 Å². The van der Waals surface area contributed by atoms with Crippen LogP contribution >= 0.6 is 11.3 Å². The van der Waals surface area contributed by atoms with Gasteiger partial charge in [-0.2, -0.15) is 0 Å². The topological polar surface area (TPSA) is 37.4 Å². The minimum absolute atomic E-state index is 0.505. The van der Waals surface area contributed by atoms with Crippen LogP contribution in [0.25, 0.3) is 0 Å². The van der Waals surface area contributed by atoms with Crippen molar-refractivity contribution in [3.63, 3.8) is 0 Å². The number of hydrogen-bond donors (Lipinski definition) is 1. The molecule has 1 aromatic rings. The summed E-state index contributed by atoms with van der Waals surface area (Å²) in [7, 11) is 0. The molecule has 0 aromatic carbocycles. The van der Waals surface area contributed by atoms with Crippen LogP contribution in [0.15, 0.2) is 0 Å². The predicted molar refractivity (Wildman–Crippen MR) is 83.2 cm³/mol. The molecule has 0 saturated carbocycles. The fourth-order valence-electron chi connectivity index (χ4n) is 1.72. The van der Waals surface area contributed by atoms with Crippen molar-refractivity contribution in [3.05, 3.63) is 10.6 Å². The Labute approximate surface area is 121 Å². The van der Waals surface area contributed by atoms with Gasteiger partial charge in [-0.25, -0.2) is 4.98 Å². The molecule has 1 N–H and O–H groups in total. The van der Waals surface area contributed by atoms with Crippen LogP contribution in [0.3, 0.4) is 0 Å². The van der Waals surface area contributed by atoms with Crippen molar-refractivity contribution in [3.8, 4) is 0 Å². The average molecular weight is 285 g/mol. The zero-order chi connectivity index (χ0) is 14.3. The normalized spacial score (nSPS) is 11.3. The molecule has 0 amide bonds. The van der Waals surface area contributed by atoms with E-state index in [-0.39, 0.29) is 0 Å². The molecule has 0 bridgehead atoms. The lowest BCUT2D eigenvalue weighted by Gasteiger charge is -2.19. The molecule has 0 aliphatic heterocycles. The monoisotopic (exact) mass is 285 g/mol. The summed E-state index contributed by atoms with van der Waals surface area (Å²) in [6.45, 7) is 14.9. The van der Waals surface area contributed by atoms with E-state index in [1.54, 1.807) is 11.3 Å². The molecular formula is C14H27N3OS. The molecule has 4 nitrogen and oxygen atoms in total. The SMILES string of the molecule is CCOCCN(CC)c1nc(C)c(CNC(C)C)s1. The van der Waals surface area contributed by atoms with Gasteiger partial charge in [0.2, 0.25) is 0 Å². The average Bonchev–Trinajstić information content (AvgIpc) is 2.73. The van der Waals surface area contributed by atoms with Gasteiger partial charge in [0.15, 0.2) is 5.13 Å². The van der Waals surface area contributed by atoms with Crippen LogP contribution in [0.1, 0.15) is 38.3 Å². The van der Waals surface area contributed by atoms with Gasteiger partial charge in [-0.1, -0.05) is 13.8 Å². The van der Waals surface area contributed by atoms with Crippen LogP contribution < -0.4 is 10.2 Å². The summed E-state index contributed by atoms with van der Waals surface area (Å²) in [5.74, 6) is 0. The van der Waals surface area contributed by atoms with Crippen LogP contribution in [0, 0.1) is 6.92 Å². The Morgan fingerprint density at radius 3 is 2.68 bits per heavy atom. The second-order valence-corrected chi connectivity index (χ2v) is 5.88. The number of thiazole rings is 1. The van der Waals surface area contributed by atoms with E-state index in [9.17, 15) is 0 Å². The number of nitrogens with one attached hydrogen (secondary N) is 1. The van der Waals surface area contributed by atoms with Gasteiger partial charge in [0.25, 0.3) is 0 Å². The first-order valence-corrected chi connectivity index (χ1v) is 7.92. The van der Waals surface area contributed by atoms with Crippen LogP contribution in [0.5, 0.6) is 0 Å². The third kappa shape index (κ3) is 5.47. The third-order valence-corrected chi connectivity index (χ3v) is 4.13. The van der Waals surface area contributed by atoms with Gasteiger partial charge in [-0.3, -0.25) is 0 Å². The maximum Gasteiger partial charge on any atom is 0.185 e. The Balaban J connectivity index is 2.63. The molecule has 0 aliphatic rings. The van der Waals surface area contributed by atoms with Gasteiger partial charge in [-0.05, 0) is 20.8 Å². The molecule has 0 aliphatic carbocycles. The third-order valence-electron chi connectivity index (χ3n) is 2.91. The molecule has 0 unspecified atom stereocenters. The van der Waals surface area contributed by atoms with Crippen molar-refractivity contribution in [2.45, 2.75) is 47.2 Å². The van der Waals surface area contributed by atoms with E-state index in [0.29, 0.717) is 6.04 Å². The molecule has 1 rings (SSSR count). The van der Waals surface area contributed by atoms with Gasteiger partial charge in [0.1, 0.15) is 0 Å². The Morgan fingerprint density at radius 2 is 2.11 bits per heavy atom. The van der Waals surface area contributed by atoms with Crippen LogP contribution in [-0.2, 0) is 11.3 Å². The summed E-state index contributed by atoms with van der Waals surface area (Å²) in [5.41, 5.74) is 1.14. The molecule has 1 aromatic heterocycles. The minimum Gasteiger partial charge on any atom is -0.380 e. The molecule has 0 spiro atoms. The van der Waals surface area contributed by atoms with E-state index in [1.165, 1.54) is 4.88 Å². The molecule has 1 heterocycles. The van der Waals surface area contributed by atoms with Gasteiger partial charge < -0.3 is 15.0 Å². The standard InChI is InChI=1S/C14H27N3OS/c1-6-17(8-9-18-7-2)14-16-12(5)13(19-14)10-15-11(3)4/h11,15H,6-10H2,1-5H3. The Bertz CT molecular complexity index is 366. The number of likely N-dealkylation sites (N-methyl/N-ethyl adjacent to an activating group) is 1. The zero-order valence-corrected chi connectivity index (χ0v) is 13.6. The van der Waals surface area contributed by atoms with E-state index in [1.807, 2.05) is 6.92 Å². The van der Waals surface area contributed by atoms with E-state index in [2.05, 4.69) is 42.9 Å². The second-order valence-electron chi connectivity index (χ2n) is 4.82. The second kappa shape index (κ2) is 8.51. The summed E-state index contributed by atoms with van der Waals surface area (Å²) < 4.78 is 5.43. The molecule has 110 valence electrons. The maximum atomic E-state index is 5.43. The Hall–Kier alpha value is -0.650. The van der Waals surface area contributed by atoms with Crippen LogP contribution in [0.2, 0.25) is 0 Å². The molecule has 0 radical (unpaired) electrons. The Morgan fingerprint density at radius 1 is 1.37 bits per heavy atom. The van der Waals surface area contributed by atoms with E-state index >= 15 is 0 Å². The lowest BCUT2D eigenvalue weighted by molar-refractivity contribution is 0.154. The first kappa shape index (κ1) is 16.4. The highest BCUT2D eigenvalue weighted by Gasteiger charge is 2.13. The highest BCUT2D eigenvalue weighted by molar-refractivity contribution is 7.15. The van der Waals surface area contributed by atoms with Crippen molar-refractivity contribution >= 4 is 16.5 Å². The number of hydrogen-bond acceptors (Lipinski definition) is 5. The van der Waals surface area contributed by atoms with Crippen molar-refractivity contribution in [1.82, 2.24) is 10.3 Å². The summed E-state index contributed by atoms with van der Waals surface area (Å²) in [5, 5.41) is 4.56. The smallest absolute Gasteiger partial charge is 0.185 e. The van der Waals surface area contributed by atoms with Crippen LogP contribution in [0.4, 0.5) is 5.13 Å². The molecule has 0 fully saturated rings. The van der Waals surface area contributed by atoms with Crippen molar-refractivity contribution in [1.29, 1.82) is 0 Å². The number of anilines is 1. The van der Waals surface area contributed by atoms with Gasteiger partial charge >= 0.3 is 0 Å². The maximum absolute atomic E-state index is 5.43. The Kier molecular flexibility index (Phi) is 7.34. The highest BCUT2D eigenvalue weighted by atomic mass is 32.1. The van der Waals surface area contributed by atoms with E-state index in [0.717, 1.165) is 43.7 Å². The minimum atomic E-state index is 0.505. The molecule has 5 heteroatoms. The lowest BCUT2D eigenvalue weighted by Crippen LogP contribution is -2.27. The molecule has 0 atom stereocenters. The van der Waals surface area contributed by atoms with Crippen molar-refractivity contribution < 1.29 is 4.74 Å². The summed E-state index contributed by atoms with van der Waals surface area (Å²) in [4.78, 5) is 8.30. The highest BCUT2D eigenvalue weighted by Crippen LogP contribution is 2.25. The number of aryl methyl sites for hydroxylation is 1. The van der Waals surface area contributed by atoms with Crippen molar-refractivity contribution in [2.75, 3.05) is 31.2 Å². The lowest BCUT2D eigenvalue weighted by atomic mass is 10.3. The number of rotatable bonds is 9. The van der Waals surface area contributed by atoms with Gasteiger partial charge in [0, 0.05) is 37.2 Å². The fraction of sp³-hybridized carbons (Fsp3) is 0.786. The molecular weight excluding hydrogens is 258 g/mol. The van der Waals surface area contributed by atoms with Crippen LogP contribution in [-0.4, -0.2) is 37.3 Å². The summed E-state index contributed by atoms with van der Waals surface area (Å²) in [6.07, 6.45) is 0. The number of aromatic nitrogens is 1. The van der Waals surface area contributed by atoms with E-state index in [4.69, 9.17) is 4.74 Å². The number of nitrogens with zero attached hydrogens (tertiary/aromatic N) is 2. The first-order chi connectivity index (χ1) is 9.08. The summed E-state index contributed by atoms with van der Waals surface area (Å²) in [6, 6.07) is 0.505. The van der Waals surface area contributed by atoms with E-state index < -0.39 is 0 Å². The number of ether oxygens (including phenoxy) is 1. The summed E-state index contributed by atoms with van der Waals surface area (Å²) >= 11 is 1.79. The van der Waals surface area contributed by atoms with Crippen molar-refractivity contribution in [2.24, 2.45) is 0 Å². The first-order valence-electron chi connectivity index (χ1n) is 7.10. The van der Waals surface area contributed by atoms with Gasteiger partial charge in [-0.15, -0.1) is 11.3 Å². The molecule has 19 heavy (non-hydrogen) atoms. The largest absolute Gasteiger partial charge is 0.380 e. The fourth-order valence-corrected chi connectivity index (χ4v) is 2.82. The molecule has 0 saturated heterocycles. The zero-order valence-electron chi connectivity index (χ0n) is 12.8. The predicted octanol–water partition coefficient (Wildman–Crippen LogP) is 2.81. The quantitative estimate of drug-likeness (QED) is 0.708.